The molecule has 0 spiro atoms. The molecule has 1 rings (SSSR count). The van der Waals surface area contributed by atoms with E-state index in [1.54, 1.807) is 7.11 Å². The monoisotopic (exact) mass is 193 g/mol. The van der Waals surface area contributed by atoms with Crippen LogP contribution in [0.4, 0.5) is 0 Å². The number of rotatable bonds is 5. The van der Waals surface area contributed by atoms with Gasteiger partial charge in [-0.2, -0.15) is 0 Å². The minimum atomic E-state index is 0.944. The van der Waals surface area contributed by atoms with E-state index in [2.05, 4.69) is 24.4 Å². The van der Waals surface area contributed by atoms with Gasteiger partial charge in [0, 0.05) is 0 Å². The van der Waals surface area contributed by atoms with Crippen molar-refractivity contribution in [3.05, 3.63) is 29.3 Å². The second kappa shape index (κ2) is 5.66. The van der Waals surface area contributed by atoms with Crippen molar-refractivity contribution in [3.63, 3.8) is 0 Å². The lowest BCUT2D eigenvalue weighted by Gasteiger charge is -2.07. The normalized spacial score (nSPS) is 10.2. The Balaban J connectivity index is 2.59. The minimum Gasteiger partial charge on any atom is -0.497 e. The van der Waals surface area contributed by atoms with E-state index in [0.29, 0.717) is 0 Å². The van der Waals surface area contributed by atoms with Gasteiger partial charge in [-0.25, -0.2) is 0 Å². The van der Waals surface area contributed by atoms with Gasteiger partial charge in [-0.1, -0.05) is 6.07 Å². The number of ether oxygens (including phenoxy) is 1. The third-order valence-corrected chi connectivity index (χ3v) is 2.42. The Bertz CT molecular complexity index is 284. The first-order chi connectivity index (χ1) is 6.77. The van der Waals surface area contributed by atoms with E-state index in [1.165, 1.54) is 17.5 Å². The first kappa shape index (κ1) is 11.1. The smallest absolute Gasteiger partial charge is 0.119 e. The number of aryl methyl sites for hydroxylation is 2. The minimum absolute atomic E-state index is 0.944. The molecule has 14 heavy (non-hydrogen) atoms. The van der Waals surface area contributed by atoms with Crippen LogP contribution in [0.2, 0.25) is 0 Å². The summed E-state index contributed by atoms with van der Waals surface area (Å²) in [5.41, 5.74) is 2.74. The highest BCUT2D eigenvalue weighted by atomic mass is 16.5. The molecule has 0 aliphatic carbocycles. The van der Waals surface area contributed by atoms with Crippen LogP contribution < -0.4 is 10.1 Å². The lowest BCUT2D eigenvalue weighted by Crippen LogP contribution is -2.08. The average Bonchev–Trinajstić information content (AvgIpc) is 2.20. The first-order valence-corrected chi connectivity index (χ1v) is 5.06. The average molecular weight is 193 g/mol. The SMILES string of the molecule is CNCCCc1ccc(OC)cc1C. The zero-order chi connectivity index (χ0) is 10.4. The van der Waals surface area contributed by atoms with Crippen molar-refractivity contribution < 1.29 is 4.74 Å². The molecule has 0 saturated carbocycles. The molecule has 2 heteroatoms. The molecule has 1 aromatic rings. The quantitative estimate of drug-likeness (QED) is 0.723. The van der Waals surface area contributed by atoms with Crippen molar-refractivity contribution in [1.29, 1.82) is 0 Å². The maximum atomic E-state index is 5.16. The highest BCUT2D eigenvalue weighted by molar-refractivity contribution is 5.34. The summed E-state index contributed by atoms with van der Waals surface area (Å²) in [5, 5.41) is 3.16. The molecule has 0 unspecified atom stereocenters. The van der Waals surface area contributed by atoms with Gasteiger partial charge in [-0.3, -0.25) is 0 Å². The summed E-state index contributed by atoms with van der Waals surface area (Å²) >= 11 is 0. The largest absolute Gasteiger partial charge is 0.497 e. The van der Waals surface area contributed by atoms with E-state index >= 15 is 0 Å². The van der Waals surface area contributed by atoms with Crippen LogP contribution in [0.3, 0.4) is 0 Å². The predicted molar refractivity (Wildman–Crippen MR) is 60.0 cm³/mol. The van der Waals surface area contributed by atoms with Gasteiger partial charge in [0.2, 0.25) is 0 Å². The molecule has 0 atom stereocenters. The van der Waals surface area contributed by atoms with Gasteiger partial charge in [0.1, 0.15) is 5.75 Å². The van der Waals surface area contributed by atoms with Crippen molar-refractivity contribution >= 4 is 0 Å². The Kier molecular flexibility index (Phi) is 4.47. The standard InChI is InChI=1S/C12H19NO/c1-10-9-12(14-3)7-6-11(10)5-4-8-13-2/h6-7,9,13H,4-5,8H2,1-3H3. The van der Waals surface area contributed by atoms with E-state index in [4.69, 9.17) is 4.74 Å². The molecule has 2 nitrogen and oxygen atoms in total. The fourth-order valence-electron chi connectivity index (χ4n) is 1.53. The number of hydrogen-bond donors (Lipinski definition) is 1. The number of methoxy groups -OCH3 is 1. The van der Waals surface area contributed by atoms with Gasteiger partial charge in [0.15, 0.2) is 0 Å². The molecule has 1 aromatic carbocycles. The van der Waals surface area contributed by atoms with E-state index in [9.17, 15) is 0 Å². The van der Waals surface area contributed by atoms with E-state index < -0.39 is 0 Å². The van der Waals surface area contributed by atoms with Crippen LogP contribution in [0, 0.1) is 6.92 Å². The highest BCUT2D eigenvalue weighted by Gasteiger charge is 1.99. The molecule has 0 aliphatic heterocycles. The summed E-state index contributed by atoms with van der Waals surface area (Å²) in [7, 11) is 3.69. The first-order valence-electron chi connectivity index (χ1n) is 5.06. The second-order valence-corrected chi connectivity index (χ2v) is 3.50. The van der Waals surface area contributed by atoms with Crippen LogP contribution in [0.5, 0.6) is 5.75 Å². The fraction of sp³-hybridized carbons (Fsp3) is 0.500. The fourth-order valence-corrected chi connectivity index (χ4v) is 1.53. The lowest BCUT2D eigenvalue weighted by atomic mass is 10.0. The zero-order valence-corrected chi connectivity index (χ0v) is 9.26. The third-order valence-electron chi connectivity index (χ3n) is 2.42. The van der Waals surface area contributed by atoms with E-state index in [1.807, 2.05) is 13.1 Å². The second-order valence-electron chi connectivity index (χ2n) is 3.50. The maximum absolute atomic E-state index is 5.16. The molecule has 0 heterocycles. The van der Waals surface area contributed by atoms with Gasteiger partial charge >= 0.3 is 0 Å². The molecule has 0 amide bonds. The van der Waals surface area contributed by atoms with Gasteiger partial charge in [-0.05, 0) is 56.6 Å². The Labute approximate surface area is 86.3 Å². The van der Waals surface area contributed by atoms with Gasteiger partial charge < -0.3 is 10.1 Å². The summed E-state index contributed by atoms with van der Waals surface area (Å²) in [6.07, 6.45) is 2.32. The molecule has 0 aliphatic rings. The Hall–Kier alpha value is -1.02. The predicted octanol–water partition coefficient (Wildman–Crippen LogP) is 2.16. The van der Waals surface area contributed by atoms with Crippen molar-refractivity contribution in [3.8, 4) is 5.75 Å². The summed E-state index contributed by atoms with van der Waals surface area (Å²) in [4.78, 5) is 0. The molecular weight excluding hydrogens is 174 g/mol. The molecule has 0 radical (unpaired) electrons. The molecule has 0 saturated heterocycles. The molecule has 1 N–H and O–H groups in total. The topological polar surface area (TPSA) is 21.3 Å². The molecule has 0 fully saturated rings. The number of hydrogen-bond acceptors (Lipinski definition) is 2. The molecule has 0 bridgehead atoms. The molecular formula is C12H19NO. The van der Waals surface area contributed by atoms with Crippen LogP contribution in [0.15, 0.2) is 18.2 Å². The van der Waals surface area contributed by atoms with Crippen molar-refractivity contribution in [2.75, 3.05) is 20.7 Å². The zero-order valence-electron chi connectivity index (χ0n) is 9.26. The van der Waals surface area contributed by atoms with E-state index in [-0.39, 0.29) is 0 Å². The van der Waals surface area contributed by atoms with Crippen molar-refractivity contribution in [1.82, 2.24) is 5.32 Å². The van der Waals surface area contributed by atoms with E-state index in [0.717, 1.165) is 18.7 Å². The number of benzene rings is 1. The van der Waals surface area contributed by atoms with Crippen LogP contribution in [0.1, 0.15) is 17.5 Å². The Morgan fingerprint density at radius 2 is 2.14 bits per heavy atom. The summed E-state index contributed by atoms with van der Waals surface area (Å²) in [6.45, 7) is 3.21. The Morgan fingerprint density at radius 1 is 1.36 bits per heavy atom. The molecule has 78 valence electrons. The maximum Gasteiger partial charge on any atom is 0.119 e. The lowest BCUT2D eigenvalue weighted by molar-refractivity contribution is 0.414. The van der Waals surface area contributed by atoms with Crippen LogP contribution in [-0.2, 0) is 6.42 Å². The Morgan fingerprint density at radius 3 is 2.71 bits per heavy atom. The molecule has 0 aromatic heterocycles. The van der Waals surface area contributed by atoms with Gasteiger partial charge in [0.25, 0.3) is 0 Å². The highest BCUT2D eigenvalue weighted by Crippen LogP contribution is 2.17. The van der Waals surface area contributed by atoms with Crippen molar-refractivity contribution in [2.45, 2.75) is 19.8 Å². The summed E-state index contributed by atoms with van der Waals surface area (Å²) in [5.74, 6) is 0.944. The number of nitrogens with one attached hydrogen (secondary N) is 1. The third kappa shape index (κ3) is 3.04. The summed E-state index contributed by atoms with van der Waals surface area (Å²) in [6, 6.07) is 6.28. The van der Waals surface area contributed by atoms with Gasteiger partial charge in [0.05, 0.1) is 7.11 Å². The van der Waals surface area contributed by atoms with Crippen LogP contribution in [-0.4, -0.2) is 20.7 Å². The van der Waals surface area contributed by atoms with Crippen molar-refractivity contribution in [2.24, 2.45) is 0 Å². The van der Waals surface area contributed by atoms with Gasteiger partial charge in [-0.15, -0.1) is 0 Å². The summed E-state index contributed by atoms with van der Waals surface area (Å²) < 4.78 is 5.16. The van der Waals surface area contributed by atoms with Crippen LogP contribution in [0.25, 0.3) is 0 Å². The van der Waals surface area contributed by atoms with Crippen LogP contribution >= 0.6 is 0 Å².